The average molecular weight is 247 g/mol. The molecule has 1 aliphatic carbocycles. The highest BCUT2D eigenvalue weighted by molar-refractivity contribution is 6.31. The smallest absolute Gasteiger partial charge is 0.123 e. The van der Waals surface area contributed by atoms with Gasteiger partial charge in [-0.05, 0) is 55.4 Å². The van der Waals surface area contributed by atoms with E-state index in [0.717, 1.165) is 24.8 Å². The van der Waals surface area contributed by atoms with E-state index in [4.69, 9.17) is 23.2 Å². The summed E-state index contributed by atoms with van der Waals surface area (Å²) in [7, 11) is 0. The van der Waals surface area contributed by atoms with E-state index in [-0.39, 0.29) is 16.6 Å². The van der Waals surface area contributed by atoms with Gasteiger partial charge in [0, 0.05) is 10.4 Å². The Hall–Kier alpha value is -0.270. The van der Waals surface area contributed by atoms with E-state index >= 15 is 0 Å². The van der Waals surface area contributed by atoms with Crippen LogP contribution in [0.1, 0.15) is 25.3 Å². The van der Waals surface area contributed by atoms with E-state index in [9.17, 15) is 4.39 Å². The molecule has 0 heterocycles. The molecule has 0 nitrogen and oxygen atoms in total. The van der Waals surface area contributed by atoms with Gasteiger partial charge in [-0.15, -0.1) is 11.6 Å². The first kappa shape index (κ1) is 11.2. The molecule has 3 heteroatoms. The Morgan fingerprint density at radius 2 is 2.13 bits per heavy atom. The first-order chi connectivity index (χ1) is 7.03. The second-order valence-electron chi connectivity index (χ2n) is 4.39. The lowest BCUT2D eigenvalue weighted by Crippen LogP contribution is -2.16. The van der Waals surface area contributed by atoms with Gasteiger partial charge in [0.05, 0.1) is 0 Å². The number of alkyl halides is 1. The average Bonchev–Trinajstić information content (AvgIpc) is 2.92. The van der Waals surface area contributed by atoms with Crippen LogP contribution in [-0.4, -0.2) is 5.38 Å². The van der Waals surface area contributed by atoms with Crippen molar-refractivity contribution in [1.29, 1.82) is 0 Å². The number of rotatable bonds is 3. The zero-order valence-electron chi connectivity index (χ0n) is 8.56. The highest BCUT2D eigenvalue weighted by Crippen LogP contribution is 2.53. The van der Waals surface area contributed by atoms with Crippen LogP contribution in [0.25, 0.3) is 0 Å². The second-order valence-corrected chi connectivity index (χ2v) is 5.45. The standard InChI is InChI=1S/C12H13Cl2F/c1-8(13)12(4-5-12)7-9-6-10(15)2-3-11(9)14/h2-3,6,8H,4-5,7H2,1H3. The van der Waals surface area contributed by atoms with E-state index in [1.807, 2.05) is 6.92 Å². The Morgan fingerprint density at radius 3 is 2.67 bits per heavy atom. The van der Waals surface area contributed by atoms with Crippen LogP contribution in [0.15, 0.2) is 18.2 Å². The normalized spacial score (nSPS) is 20.0. The number of hydrogen-bond acceptors (Lipinski definition) is 0. The third-order valence-electron chi connectivity index (χ3n) is 3.29. The summed E-state index contributed by atoms with van der Waals surface area (Å²) in [4.78, 5) is 0. The summed E-state index contributed by atoms with van der Waals surface area (Å²) in [6.07, 6.45) is 3.02. The molecule has 1 unspecified atom stereocenters. The molecule has 0 aromatic heterocycles. The Kier molecular flexibility index (Phi) is 2.96. The van der Waals surface area contributed by atoms with Crippen LogP contribution < -0.4 is 0 Å². The van der Waals surface area contributed by atoms with Gasteiger partial charge in [0.15, 0.2) is 0 Å². The van der Waals surface area contributed by atoms with Gasteiger partial charge in [0.2, 0.25) is 0 Å². The van der Waals surface area contributed by atoms with Crippen LogP contribution in [0.5, 0.6) is 0 Å². The molecular weight excluding hydrogens is 234 g/mol. The van der Waals surface area contributed by atoms with E-state index in [2.05, 4.69) is 0 Å². The van der Waals surface area contributed by atoms with Gasteiger partial charge in [-0.3, -0.25) is 0 Å². The highest BCUT2D eigenvalue weighted by Gasteiger charge is 2.46. The summed E-state index contributed by atoms with van der Waals surface area (Å²) in [5.41, 5.74) is 1.03. The summed E-state index contributed by atoms with van der Waals surface area (Å²) < 4.78 is 13.1. The molecule has 0 amide bonds. The first-order valence-electron chi connectivity index (χ1n) is 5.11. The zero-order chi connectivity index (χ0) is 11.1. The van der Waals surface area contributed by atoms with Crippen molar-refractivity contribution in [3.05, 3.63) is 34.6 Å². The lowest BCUT2D eigenvalue weighted by molar-refractivity contribution is 0.494. The molecule has 1 aliphatic rings. The van der Waals surface area contributed by atoms with Gasteiger partial charge in [0.25, 0.3) is 0 Å². The summed E-state index contributed by atoms with van der Waals surface area (Å²) >= 11 is 12.2. The fourth-order valence-corrected chi connectivity index (χ4v) is 2.41. The van der Waals surface area contributed by atoms with Crippen LogP contribution in [-0.2, 0) is 6.42 Å². The SMILES string of the molecule is CC(Cl)C1(Cc2cc(F)ccc2Cl)CC1. The molecule has 15 heavy (non-hydrogen) atoms. The summed E-state index contributed by atoms with van der Waals surface area (Å²) in [5, 5.41) is 0.761. The molecule has 0 N–H and O–H groups in total. The molecule has 1 atom stereocenters. The minimum absolute atomic E-state index is 0.122. The van der Waals surface area contributed by atoms with E-state index in [1.54, 1.807) is 6.07 Å². The molecule has 0 aliphatic heterocycles. The Labute approximate surface area is 99.4 Å². The monoisotopic (exact) mass is 246 g/mol. The van der Waals surface area contributed by atoms with Gasteiger partial charge >= 0.3 is 0 Å². The first-order valence-corrected chi connectivity index (χ1v) is 5.93. The highest BCUT2D eigenvalue weighted by atomic mass is 35.5. The maximum atomic E-state index is 13.1. The lowest BCUT2D eigenvalue weighted by Gasteiger charge is -2.18. The van der Waals surface area contributed by atoms with E-state index in [1.165, 1.54) is 12.1 Å². The van der Waals surface area contributed by atoms with Crippen LogP contribution >= 0.6 is 23.2 Å². The third kappa shape index (κ3) is 2.29. The van der Waals surface area contributed by atoms with Crippen LogP contribution in [0.3, 0.4) is 0 Å². The van der Waals surface area contributed by atoms with Gasteiger partial charge in [-0.25, -0.2) is 4.39 Å². The molecule has 0 bridgehead atoms. The van der Waals surface area contributed by atoms with Gasteiger partial charge < -0.3 is 0 Å². The van der Waals surface area contributed by atoms with Crippen molar-refractivity contribution < 1.29 is 4.39 Å². The molecule has 0 spiro atoms. The number of benzene rings is 1. The van der Waals surface area contributed by atoms with Crippen molar-refractivity contribution in [3.63, 3.8) is 0 Å². The Balaban J connectivity index is 2.21. The zero-order valence-corrected chi connectivity index (χ0v) is 10.1. The number of hydrogen-bond donors (Lipinski definition) is 0. The van der Waals surface area contributed by atoms with Gasteiger partial charge in [-0.2, -0.15) is 0 Å². The maximum Gasteiger partial charge on any atom is 0.123 e. The van der Waals surface area contributed by atoms with Gasteiger partial charge in [0.1, 0.15) is 5.82 Å². The Morgan fingerprint density at radius 1 is 1.47 bits per heavy atom. The summed E-state index contributed by atoms with van der Waals surface area (Å²) in [5.74, 6) is -0.229. The molecule has 1 aromatic carbocycles. The van der Waals surface area contributed by atoms with Crippen LogP contribution in [0, 0.1) is 11.2 Å². The molecule has 82 valence electrons. The fourth-order valence-electron chi connectivity index (χ4n) is 1.93. The van der Waals surface area contributed by atoms with E-state index in [0.29, 0.717) is 5.02 Å². The number of halogens is 3. The largest absolute Gasteiger partial charge is 0.207 e. The second kappa shape index (κ2) is 3.95. The third-order valence-corrected chi connectivity index (χ3v) is 4.12. The molecular formula is C12H13Cl2F. The minimum Gasteiger partial charge on any atom is -0.207 e. The molecule has 0 saturated heterocycles. The molecule has 0 radical (unpaired) electrons. The lowest BCUT2D eigenvalue weighted by atomic mass is 9.93. The quantitative estimate of drug-likeness (QED) is 0.693. The molecule has 1 aromatic rings. The van der Waals surface area contributed by atoms with Crippen molar-refractivity contribution in [2.75, 3.05) is 0 Å². The molecule has 2 rings (SSSR count). The minimum atomic E-state index is -0.229. The van der Waals surface area contributed by atoms with Crippen molar-refractivity contribution in [3.8, 4) is 0 Å². The molecule has 1 fully saturated rings. The topological polar surface area (TPSA) is 0 Å². The predicted octanol–water partition coefficient (Wildman–Crippen LogP) is 4.43. The van der Waals surface area contributed by atoms with Crippen LogP contribution in [0.4, 0.5) is 4.39 Å². The Bertz CT molecular complexity index is 370. The fraction of sp³-hybridized carbons (Fsp3) is 0.500. The van der Waals surface area contributed by atoms with Crippen molar-refractivity contribution in [2.24, 2.45) is 5.41 Å². The molecule has 1 saturated carbocycles. The van der Waals surface area contributed by atoms with Crippen molar-refractivity contribution in [1.82, 2.24) is 0 Å². The summed E-state index contributed by atoms with van der Waals surface area (Å²) in [6, 6.07) is 4.51. The predicted molar refractivity (Wildman–Crippen MR) is 62.1 cm³/mol. The van der Waals surface area contributed by atoms with Crippen molar-refractivity contribution >= 4 is 23.2 Å². The van der Waals surface area contributed by atoms with Gasteiger partial charge in [-0.1, -0.05) is 11.6 Å². The maximum absolute atomic E-state index is 13.1. The summed E-state index contributed by atoms with van der Waals surface area (Å²) in [6.45, 7) is 2.00. The van der Waals surface area contributed by atoms with Crippen LogP contribution in [0.2, 0.25) is 5.02 Å². The van der Waals surface area contributed by atoms with E-state index < -0.39 is 0 Å². The van der Waals surface area contributed by atoms with Crippen molar-refractivity contribution in [2.45, 2.75) is 31.6 Å².